The van der Waals surface area contributed by atoms with Gasteiger partial charge in [-0.2, -0.15) is 5.26 Å². The van der Waals surface area contributed by atoms with Crippen LogP contribution in [-0.2, 0) is 13.1 Å². The smallest absolute Gasteiger partial charge is 0.127 e. The van der Waals surface area contributed by atoms with Crippen LogP contribution in [0.1, 0.15) is 22.3 Å². The van der Waals surface area contributed by atoms with Gasteiger partial charge in [-0.15, -0.1) is 0 Å². The molecule has 118 valence electrons. The monoisotopic (exact) mass is 307 g/mol. The molecule has 3 nitrogen and oxygen atoms in total. The van der Waals surface area contributed by atoms with Crippen molar-refractivity contribution < 1.29 is 9.80 Å². The summed E-state index contributed by atoms with van der Waals surface area (Å²) in [4.78, 5) is 3.32. The van der Waals surface area contributed by atoms with Crippen LogP contribution >= 0.6 is 0 Å². The zero-order valence-electron chi connectivity index (χ0n) is 13.8. The summed E-state index contributed by atoms with van der Waals surface area (Å²) in [7, 11) is 0. The molecule has 0 spiro atoms. The van der Waals surface area contributed by atoms with Crippen molar-refractivity contribution in [2.45, 2.75) is 20.0 Å². The van der Waals surface area contributed by atoms with E-state index in [-0.39, 0.29) is 0 Å². The Balaban J connectivity index is 1.51. The molecule has 1 heterocycles. The van der Waals surface area contributed by atoms with Crippen molar-refractivity contribution in [2.75, 3.05) is 26.2 Å². The number of nitrogens with one attached hydrogen (secondary N) is 2. The number of aryl methyl sites for hydroxylation is 1. The average Bonchev–Trinajstić information content (AvgIpc) is 2.57. The molecule has 0 unspecified atom stereocenters. The van der Waals surface area contributed by atoms with E-state index in [9.17, 15) is 0 Å². The Morgan fingerprint density at radius 1 is 0.870 bits per heavy atom. The summed E-state index contributed by atoms with van der Waals surface area (Å²) in [6.45, 7) is 9.20. The number of nitriles is 1. The molecule has 3 heteroatoms. The van der Waals surface area contributed by atoms with Gasteiger partial charge < -0.3 is 9.80 Å². The minimum Gasteiger partial charge on any atom is -0.322 e. The van der Waals surface area contributed by atoms with Crippen LogP contribution in [0.15, 0.2) is 48.5 Å². The molecule has 0 saturated carbocycles. The number of nitrogens with zero attached hydrogens (tertiary/aromatic N) is 1. The first-order chi connectivity index (χ1) is 11.2. The number of quaternary nitrogens is 2. The summed E-state index contributed by atoms with van der Waals surface area (Å²) in [5, 5.41) is 9.00. The highest BCUT2D eigenvalue weighted by Gasteiger charge is 2.23. The number of benzene rings is 2. The predicted molar refractivity (Wildman–Crippen MR) is 91.1 cm³/mol. The molecule has 0 atom stereocenters. The summed E-state index contributed by atoms with van der Waals surface area (Å²) in [5.74, 6) is 0. The SMILES string of the molecule is Cc1cccc(C[NH+]2CC[NH+](Cc3cccc(C#N)c3)CC2)c1. The van der Waals surface area contributed by atoms with E-state index in [1.807, 2.05) is 18.2 Å². The van der Waals surface area contributed by atoms with E-state index in [1.165, 1.54) is 42.9 Å². The van der Waals surface area contributed by atoms with Crippen LogP contribution in [0.3, 0.4) is 0 Å². The van der Waals surface area contributed by atoms with Gasteiger partial charge in [0.1, 0.15) is 39.3 Å². The van der Waals surface area contributed by atoms with Gasteiger partial charge in [0.25, 0.3) is 0 Å². The molecule has 2 N–H and O–H groups in total. The van der Waals surface area contributed by atoms with E-state index >= 15 is 0 Å². The largest absolute Gasteiger partial charge is 0.322 e. The Hall–Kier alpha value is -2.15. The van der Waals surface area contributed by atoms with Crippen molar-refractivity contribution in [3.8, 4) is 6.07 Å². The number of hydrogen-bond acceptors (Lipinski definition) is 1. The van der Waals surface area contributed by atoms with Gasteiger partial charge >= 0.3 is 0 Å². The first-order valence-electron chi connectivity index (χ1n) is 8.44. The Morgan fingerprint density at radius 3 is 2.00 bits per heavy atom. The maximum atomic E-state index is 9.00. The van der Waals surface area contributed by atoms with Gasteiger partial charge in [-0.25, -0.2) is 0 Å². The lowest BCUT2D eigenvalue weighted by Gasteiger charge is -2.29. The predicted octanol–water partition coefficient (Wildman–Crippen LogP) is 0.350. The minimum absolute atomic E-state index is 0.769. The first kappa shape index (κ1) is 15.7. The molecular formula is C20H25N3+2. The van der Waals surface area contributed by atoms with Crippen molar-refractivity contribution in [2.24, 2.45) is 0 Å². The van der Waals surface area contributed by atoms with Crippen molar-refractivity contribution in [1.29, 1.82) is 5.26 Å². The lowest BCUT2D eigenvalue weighted by atomic mass is 10.1. The van der Waals surface area contributed by atoms with E-state index in [4.69, 9.17) is 5.26 Å². The molecule has 0 radical (unpaired) electrons. The highest BCUT2D eigenvalue weighted by Crippen LogP contribution is 2.03. The second-order valence-corrected chi connectivity index (χ2v) is 6.65. The Kier molecular flexibility index (Phi) is 5.07. The lowest BCUT2D eigenvalue weighted by molar-refractivity contribution is -1.02. The number of hydrogen-bond donors (Lipinski definition) is 2. The fraction of sp³-hybridized carbons (Fsp3) is 0.350. The van der Waals surface area contributed by atoms with Crippen LogP contribution in [-0.4, -0.2) is 26.2 Å². The van der Waals surface area contributed by atoms with Crippen LogP contribution < -0.4 is 9.80 Å². The molecule has 2 aromatic carbocycles. The molecular weight excluding hydrogens is 282 g/mol. The standard InChI is InChI=1S/C20H23N3/c1-17-4-2-6-19(12-17)15-22-8-10-23(11-9-22)16-20-7-3-5-18(13-20)14-21/h2-7,12-13H,8-11,15-16H2,1H3/p+2. The van der Waals surface area contributed by atoms with Crippen LogP contribution in [0.2, 0.25) is 0 Å². The molecule has 0 bridgehead atoms. The average molecular weight is 307 g/mol. The molecule has 1 aliphatic heterocycles. The van der Waals surface area contributed by atoms with E-state index in [1.54, 1.807) is 9.80 Å². The topological polar surface area (TPSA) is 32.7 Å². The second-order valence-electron chi connectivity index (χ2n) is 6.65. The van der Waals surface area contributed by atoms with Gasteiger partial charge in [0.15, 0.2) is 0 Å². The van der Waals surface area contributed by atoms with Crippen LogP contribution in [0.5, 0.6) is 0 Å². The molecule has 2 aromatic rings. The van der Waals surface area contributed by atoms with Crippen molar-refractivity contribution in [3.05, 3.63) is 70.8 Å². The Morgan fingerprint density at radius 2 is 1.43 bits per heavy atom. The normalized spacial score (nSPS) is 20.9. The second kappa shape index (κ2) is 7.41. The van der Waals surface area contributed by atoms with Crippen LogP contribution in [0, 0.1) is 18.3 Å². The highest BCUT2D eigenvalue weighted by atomic mass is 15.3. The van der Waals surface area contributed by atoms with Crippen molar-refractivity contribution in [3.63, 3.8) is 0 Å². The van der Waals surface area contributed by atoms with E-state index in [0.717, 1.165) is 18.7 Å². The Labute approximate surface area is 138 Å². The maximum Gasteiger partial charge on any atom is 0.127 e. The molecule has 23 heavy (non-hydrogen) atoms. The van der Waals surface area contributed by atoms with Gasteiger partial charge in [-0.05, 0) is 19.1 Å². The number of rotatable bonds is 4. The summed E-state index contributed by atoms with van der Waals surface area (Å²) in [6.07, 6.45) is 0. The molecule has 0 aliphatic carbocycles. The summed E-state index contributed by atoms with van der Waals surface area (Å²) in [5.41, 5.74) is 4.85. The van der Waals surface area contributed by atoms with E-state index in [0.29, 0.717) is 0 Å². The minimum atomic E-state index is 0.769. The summed E-state index contributed by atoms with van der Waals surface area (Å²) in [6, 6.07) is 19.1. The van der Waals surface area contributed by atoms with Gasteiger partial charge in [-0.3, -0.25) is 0 Å². The summed E-state index contributed by atoms with van der Waals surface area (Å²) >= 11 is 0. The van der Waals surface area contributed by atoms with Gasteiger partial charge in [0, 0.05) is 11.1 Å². The van der Waals surface area contributed by atoms with Gasteiger partial charge in [-0.1, -0.05) is 42.0 Å². The third-order valence-corrected chi connectivity index (χ3v) is 4.71. The molecule has 1 aliphatic rings. The fourth-order valence-corrected chi connectivity index (χ4v) is 3.46. The highest BCUT2D eigenvalue weighted by molar-refractivity contribution is 5.32. The number of piperazine rings is 1. The molecule has 3 rings (SSSR count). The molecule has 1 saturated heterocycles. The first-order valence-corrected chi connectivity index (χ1v) is 8.44. The van der Waals surface area contributed by atoms with Crippen LogP contribution in [0.25, 0.3) is 0 Å². The fourth-order valence-electron chi connectivity index (χ4n) is 3.46. The lowest BCUT2D eigenvalue weighted by Crippen LogP contribution is -3.27. The zero-order valence-corrected chi connectivity index (χ0v) is 13.8. The summed E-state index contributed by atoms with van der Waals surface area (Å²) < 4.78 is 0. The molecule has 0 amide bonds. The van der Waals surface area contributed by atoms with Gasteiger partial charge in [0.05, 0.1) is 11.6 Å². The zero-order chi connectivity index (χ0) is 16.1. The van der Waals surface area contributed by atoms with Crippen molar-refractivity contribution in [1.82, 2.24) is 0 Å². The molecule has 1 fully saturated rings. The van der Waals surface area contributed by atoms with E-state index in [2.05, 4.69) is 43.3 Å². The third kappa shape index (κ3) is 4.41. The third-order valence-electron chi connectivity index (χ3n) is 4.71. The van der Waals surface area contributed by atoms with Crippen molar-refractivity contribution >= 4 is 0 Å². The van der Waals surface area contributed by atoms with Gasteiger partial charge in [0.2, 0.25) is 0 Å². The quantitative estimate of drug-likeness (QED) is 0.839. The van der Waals surface area contributed by atoms with Crippen LogP contribution in [0.4, 0.5) is 0 Å². The Bertz CT molecular complexity index is 694. The van der Waals surface area contributed by atoms with E-state index < -0.39 is 0 Å². The molecule has 0 aromatic heterocycles. The maximum absolute atomic E-state index is 9.00.